The van der Waals surface area contributed by atoms with Gasteiger partial charge in [-0.05, 0) is 54.5 Å². The third-order valence-corrected chi connectivity index (χ3v) is 7.97. The topological polar surface area (TPSA) is 3.24 Å². The zero-order valence-electron chi connectivity index (χ0n) is 17.4. The summed E-state index contributed by atoms with van der Waals surface area (Å²) in [6.07, 6.45) is 7.96. The maximum absolute atomic E-state index is 2.39. The summed E-state index contributed by atoms with van der Waals surface area (Å²) in [5, 5.41) is 2.84. The van der Waals surface area contributed by atoms with Crippen LogP contribution in [0.25, 0.3) is 20.2 Å². The summed E-state index contributed by atoms with van der Waals surface area (Å²) in [5.74, 6) is 0.739. The number of anilines is 2. The Morgan fingerprint density at radius 3 is 2.24 bits per heavy atom. The largest absolute Gasteiger partial charge is 0.343 e. The average Bonchev–Trinajstić information content (AvgIpc) is 3.18. The van der Waals surface area contributed by atoms with Gasteiger partial charge < -0.3 is 4.90 Å². The molecule has 1 fully saturated rings. The molecule has 148 valence electrons. The standard InChI is InChI=1S/C27H29NS/c1-3-19-15-17-21(18-16-19)28(2)25-14-8-13-24-23-12-7-11-22(26(23)29-27(24)25)20-9-5-4-6-10-20/h7-8,11-18,20H,3-6,9-10H2,1-2H3. The van der Waals surface area contributed by atoms with E-state index < -0.39 is 0 Å². The second-order valence-electron chi connectivity index (χ2n) is 8.39. The molecule has 0 aliphatic heterocycles. The van der Waals surface area contributed by atoms with Crippen molar-refractivity contribution in [2.75, 3.05) is 11.9 Å². The van der Waals surface area contributed by atoms with Crippen molar-refractivity contribution in [2.45, 2.75) is 51.4 Å². The molecular formula is C27H29NS. The zero-order chi connectivity index (χ0) is 19.8. The van der Waals surface area contributed by atoms with Crippen LogP contribution in [-0.2, 0) is 6.42 Å². The fourth-order valence-corrected chi connectivity index (χ4v) is 6.36. The lowest BCUT2D eigenvalue weighted by Gasteiger charge is -2.22. The molecule has 1 saturated carbocycles. The van der Waals surface area contributed by atoms with Gasteiger partial charge in [-0.1, -0.05) is 68.7 Å². The molecule has 2 heteroatoms. The Hall–Kier alpha value is -2.32. The van der Waals surface area contributed by atoms with Gasteiger partial charge in [0.25, 0.3) is 0 Å². The van der Waals surface area contributed by atoms with Gasteiger partial charge in [0.15, 0.2) is 0 Å². The van der Waals surface area contributed by atoms with E-state index >= 15 is 0 Å². The van der Waals surface area contributed by atoms with E-state index in [2.05, 4.69) is 79.5 Å². The molecule has 0 N–H and O–H groups in total. The number of fused-ring (bicyclic) bond motifs is 3. The second-order valence-corrected chi connectivity index (χ2v) is 9.41. The molecule has 1 aliphatic rings. The number of benzene rings is 3. The van der Waals surface area contributed by atoms with Gasteiger partial charge in [-0.15, -0.1) is 11.3 Å². The molecule has 0 amide bonds. The highest BCUT2D eigenvalue weighted by atomic mass is 32.1. The third-order valence-electron chi connectivity index (χ3n) is 6.67. The van der Waals surface area contributed by atoms with Crippen molar-refractivity contribution in [2.24, 2.45) is 0 Å². The van der Waals surface area contributed by atoms with E-state index in [4.69, 9.17) is 0 Å². The van der Waals surface area contributed by atoms with Gasteiger partial charge >= 0.3 is 0 Å². The Kier molecular flexibility index (Phi) is 5.05. The van der Waals surface area contributed by atoms with Gasteiger partial charge in [-0.3, -0.25) is 0 Å². The predicted octanol–water partition coefficient (Wildman–Crippen LogP) is 8.43. The van der Waals surface area contributed by atoms with E-state index in [1.165, 1.54) is 69.2 Å². The van der Waals surface area contributed by atoms with E-state index in [1.54, 1.807) is 5.56 Å². The summed E-state index contributed by atoms with van der Waals surface area (Å²) in [5.41, 5.74) is 5.53. The number of hydrogen-bond donors (Lipinski definition) is 0. The van der Waals surface area contributed by atoms with Crippen molar-refractivity contribution in [1.29, 1.82) is 0 Å². The molecule has 0 bridgehead atoms. The van der Waals surface area contributed by atoms with Crippen molar-refractivity contribution >= 4 is 42.9 Å². The lowest BCUT2D eigenvalue weighted by Crippen LogP contribution is -2.09. The quantitative estimate of drug-likeness (QED) is 0.333. The number of aryl methyl sites for hydroxylation is 1. The molecule has 1 aliphatic carbocycles. The molecule has 29 heavy (non-hydrogen) atoms. The van der Waals surface area contributed by atoms with Crippen LogP contribution in [0.4, 0.5) is 11.4 Å². The highest BCUT2D eigenvalue weighted by molar-refractivity contribution is 7.26. The minimum Gasteiger partial charge on any atom is -0.343 e. The Morgan fingerprint density at radius 2 is 1.52 bits per heavy atom. The predicted molar refractivity (Wildman–Crippen MR) is 129 cm³/mol. The van der Waals surface area contributed by atoms with Crippen molar-refractivity contribution in [3.8, 4) is 0 Å². The average molecular weight is 400 g/mol. The van der Waals surface area contributed by atoms with E-state index in [0.29, 0.717) is 0 Å². The molecule has 0 radical (unpaired) electrons. The molecule has 5 rings (SSSR count). The van der Waals surface area contributed by atoms with E-state index in [1.807, 2.05) is 11.3 Å². The Bertz CT molecular complexity index is 1130. The van der Waals surface area contributed by atoms with Crippen LogP contribution in [0, 0.1) is 0 Å². The first-order valence-corrected chi connectivity index (χ1v) is 11.8. The van der Waals surface area contributed by atoms with Gasteiger partial charge in [0.2, 0.25) is 0 Å². The summed E-state index contributed by atoms with van der Waals surface area (Å²) in [6.45, 7) is 2.21. The van der Waals surface area contributed by atoms with E-state index in [0.717, 1.165) is 12.3 Å². The van der Waals surface area contributed by atoms with Crippen LogP contribution in [0.15, 0.2) is 60.7 Å². The molecule has 0 atom stereocenters. The minimum absolute atomic E-state index is 0.739. The normalized spacial score (nSPS) is 15.2. The van der Waals surface area contributed by atoms with Crippen LogP contribution in [0.3, 0.4) is 0 Å². The van der Waals surface area contributed by atoms with E-state index in [-0.39, 0.29) is 0 Å². The maximum atomic E-state index is 2.39. The summed E-state index contributed by atoms with van der Waals surface area (Å²) < 4.78 is 2.92. The molecule has 1 aromatic heterocycles. The third kappa shape index (κ3) is 3.34. The highest BCUT2D eigenvalue weighted by Crippen LogP contribution is 2.45. The first-order chi connectivity index (χ1) is 14.3. The van der Waals surface area contributed by atoms with Gasteiger partial charge in [-0.25, -0.2) is 0 Å². The lowest BCUT2D eigenvalue weighted by atomic mass is 9.84. The molecule has 0 unspecified atom stereocenters. The first kappa shape index (κ1) is 18.7. The number of hydrogen-bond acceptors (Lipinski definition) is 2. The summed E-state index contributed by atoms with van der Waals surface area (Å²) >= 11 is 2.00. The maximum Gasteiger partial charge on any atom is 0.0592 e. The number of thiophene rings is 1. The summed E-state index contributed by atoms with van der Waals surface area (Å²) in [4.78, 5) is 2.34. The van der Waals surface area contributed by atoms with Crippen LogP contribution < -0.4 is 4.90 Å². The summed E-state index contributed by atoms with van der Waals surface area (Å²) in [7, 11) is 2.20. The van der Waals surface area contributed by atoms with Crippen molar-refractivity contribution < 1.29 is 0 Å². The Morgan fingerprint density at radius 1 is 0.828 bits per heavy atom. The van der Waals surface area contributed by atoms with Crippen molar-refractivity contribution in [1.82, 2.24) is 0 Å². The van der Waals surface area contributed by atoms with Gasteiger partial charge in [0, 0.05) is 28.2 Å². The van der Waals surface area contributed by atoms with Gasteiger partial charge in [-0.2, -0.15) is 0 Å². The highest BCUT2D eigenvalue weighted by Gasteiger charge is 2.20. The van der Waals surface area contributed by atoms with Gasteiger partial charge in [0.1, 0.15) is 0 Å². The van der Waals surface area contributed by atoms with Crippen LogP contribution >= 0.6 is 11.3 Å². The molecular weight excluding hydrogens is 370 g/mol. The van der Waals surface area contributed by atoms with Gasteiger partial charge in [0.05, 0.1) is 10.4 Å². The monoisotopic (exact) mass is 399 g/mol. The lowest BCUT2D eigenvalue weighted by molar-refractivity contribution is 0.446. The smallest absolute Gasteiger partial charge is 0.0592 e. The zero-order valence-corrected chi connectivity index (χ0v) is 18.3. The fourth-order valence-electron chi connectivity index (χ4n) is 4.92. The molecule has 3 aromatic carbocycles. The fraction of sp³-hybridized carbons (Fsp3) is 0.333. The molecule has 1 nitrogen and oxygen atoms in total. The Labute approximate surface area is 178 Å². The minimum atomic E-state index is 0.739. The van der Waals surface area contributed by atoms with Crippen molar-refractivity contribution in [3.05, 3.63) is 71.8 Å². The molecule has 4 aromatic rings. The summed E-state index contributed by atoms with van der Waals surface area (Å²) in [6, 6.07) is 22.8. The number of nitrogens with zero attached hydrogens (tertiary/aromatic N) is 1. The second kappa shape index (κ2) is 7.84. The Balaban J connectivity index is 1.63. The van der Waals surface area contributed by atoms with Crippen molar-refractivity contribution in [3.63, 3.8) is 0 Å². The van der Waals surface area contributed by atoms with E-state index in [9.17, 15) is 0 Å². The molecule has 0 saturated heterocycles. The van der Waals surface area contributed by atoms with Crippen LogP contribution in [0.1, 0.15) is 56.1 Å². The van der Waals surface area contributed by atoms with Crippen LogP contribution in [0.2, 0.25) is 0 Å². The SMILES string of the molecule is CCc1ccc(N(C)c2cccc3c2sc2c(C4CCCCC4)cccc23)cc1. The number of rotatable bonds is 4. The first-order valence-electron chi connectivity index (χ1n) is 11.0. The van der Waals surface area contributed by atoms with Crippen LogP contribution in [-0.4, -0.2) is 7.05 Å². The molecule has 1 heterocycles. The van der Waals surface area contributed by atoms with Crippen LogP contribution in [0.5, 0.6) is 0 Å². The molecule has 0 spiro atoms.